The fourth-order valence-electron chi connectivity index (χ4n) is 2.82. The molecule has 0 aliphatic carbocycles. The van der Waals surface area contributed by atoms with Crippen LogP contribution in [0, 0.1) is 5.92 Å². The molecule has 8 heteroatoms. The summed E-state index contributed by atoms with van der Waals surface area (Å²) in [6, 6.07) is 7.91. The Morgan fingerprint density at radius 3 is 2.92 bits per heavy atom. The highest BCUT2D eigenvalue weighted by Gasteiger charge is 2.16. The van der Waals surface area contributed by atoms with E-state index >= 15 is 0 Å². The lowest BCUT2D eigenvalue weighted by Crippen LogP contribution is -2.11. The number of para-hydroxylation sites is 2. The van der Waals surface area contributed by atoms with Crippen LogP contribution in [0.1, 0.15) is 12.1 Å². The lowest BCUT2D eigenvalue weighted by atomic mass is 10.1. The van der Waals surface area contributed by atoms with Crippen LogP contribution >= 0.6 is 0 Å². The van der Waals surface area contributed by atoms with E-state index in [9.17, 15) is 0 Å². The van der Waals surface area contributed by atoms with Crippen molar-refractivity contribution < 1.29 is 4.74 Å². The van der Waals surface area contributed by atoms with Crippen LogP contribution in [0.2, 0.25) is 0 Å². The second-order valence-corrected chi connectivity index (χ2v) is 5.85. The van der Waals surface area contributed by atoms with Crippen LogP contribution < -0.4 is 5.32 Å². The predicted molar refractivity (Wildman–Crippen MR) is 87.6 cm³/mol. The summed E-state index contributed by atoms with van der Waals surface area (Å²) in [4.78, 5) is 1.60. The van der Waals surface area contributed by atoms with E-state index in [4.69, 9.17) is 4.74 Å². The molecule has 4 rings (SSSR count). The van der Waals surface area contributed by atoms with Gasteiger partial charge < -0.3 is 10.1 Å². The molecule has 3 heterocycles. The molecule has 1 N–H and O–H groups in total. The van der Waals surface area contributed by atoms with Gasteiger partial charge in [-0.25, -0.2) is 0 Å². The van der Waals surface area contributed by atoms with Crippen molar-refractivity contribution in [2.45, 2.75) is 19.5 Å². The van der Waals surface area contributed by atoms with Gasteiger partial charge in [0.05, 0.1) is 37.4 Å². The molecule has 1 aliphatic heterocycles. The number of ether oxygens (including phenoxy) is 1. The normalized spacial score (nSPS) is 17.2. The highest BCUT2D eigenvalue weighted by Crippen LogP contribution is 2.19. The maximum absolute atomic E-state index is 5.40. The second-order valence-electron chi connectivity index (χ2n) is 5.85. The van der Waals surface area contributed by atoms with Gasteiger partial charge in [-0.2, -0.15) is 10.2 Å². The van der Waals surface area contributed by atoms with Crippen molar-refractivity contribution in [3.8, 4) is 5.69 Å². The van der Waals surface area contributed by atoms with Crippen LogP contribution in [0.5, 0.6) is 0 Å². The van der Waals surface area contributed by atoms with E-state index in [1.807, 2.05) is 35.1 Å². The summed E-state index contributed by atoms with van der Waals surface area (Å²) in [6.07, 6.45) is 6.40. The Labute approximate surface area is 139 Å². The minimum absolute atomic E-state index is 0.541. The molecule has 1 unspecified atom stereocenters. The number of hydrogen-bond donors (Lipinski definition) is 1. The molecular formula is C16H19N7O. The molecule has 1 aliphatic rings. The molecule has 0 spiro atoms. The Kier molecular flexibility index (Phi) is 4.20. The van der Waals surface area contributed by atoms with E-state index in [1.165, 1.54) is 0 Å². The Balaban J connectivity index is 1.41. The van der Waals surface area contributed by atoms with Gasteiger partial charge in [-0.15, -0.1) is 9.90 Å². The molecule has 0 amide bonds. The monoisotopic (exact) mass is 325 g/mol. The van der Waals surface area contributed by atoms with E-state index < -0.39 is 0 Å². The average Bonchev–Trinajstić information content (AvgIpc) is 3.37. The lowest BCUT2D eigenvalue weighted by molar-refractivity contribution is 0.181. The first-order valence-corrected chi connectivity index (χ1v) is 8.05. The van der Waals surface area contributed by atoms with Crippen LogP contribution in [0.25, 0.3) is 5.69 Å². The minimum atomic E-state index is 0.541. The zero-order chi connectivity index (χ0) is 16.2. The number of benzene rings is 1. The number of rotatable bonds is 6. The van der Waals surface area contributed by atoms with E-state index in [0.717, 1.165) is 43.2 Å². The standard InChI is InChI=1S/C16H19N7O/c1-2-4-16(23-18-6-7-19-23)15(3-1)17-9-14-11-22(21-20-14)10-13-5-8-24-12-13/h1-4,6-7,11,13,17H,5,8-10,12H2. The van der Waals surface area contributed by atoms with Crippen LogP contribution in [0.4, 0.5) is 5.69 Å². The number of hydrogen-bond acceptors (Lipinski definition) is 6. The number of anilines is 1. The average molecular weight is 325 g/mol. The Hall–Kier alpha value is -2.74. The first-order valence-electron chi connectivity index (χ1n) is 8.05. The van der Waals surface area contributed by atoms with Crippen molar-refractivity contribution in [3.05, 3.63) is 48.5 Å². The summed E-state index contributed by atoms with van der Waals surface area (Å²) >= 11 is 0. The summed E-state index contributed by atoms with van der Waals surface area (Å²) in [6.45, 7) is 3.13. The highest BCUT2D eigenvalue weighted by molar-refractivity contribution is 5.60. The topological polar surface area (TPSA) is 82.7 Å². The zero-order valence-electron chi connectivity index (χ0n) is 13.2. The van der Waals surface area contributed by atoms with Crippen molar-refractivity contribution in [3.63, 3.8) is 0 Å². The van der Waals surface area contributed by atoms with Crippen molar-refractivity contribution >= 4 is 5.69 Å². The predicted octanol–water partition coefficient (Wildman–Crippen LogP) is 1.51. The largest absolute Gasteiger partial charge is 0.381 e. The third kappa shape index (κ3) is 3.28. The summed E-state index contributed by atoms with van der Waals surface area (Å²) in [7, 11) is 0. The fraction of sp³-hybridized carbons (Fsp3) is 0.375. The molecule has 1 aromatic carbocycles. The summed E-state index contributed by atoms with van der Waals surface area (Å²) in [5, 5.41) is 20.2. The maximum Gasteiger partial charge on any atom is 0.109 e. The van der Waals surface area contributed by atoms with Gasteiger partial charge in [0, 0.05) is 19.1 Å². The molecule has 0 bridgehead atoms. The van der Waals surface area contributed by atoms with Gasteiger partial charge in [-0.05, 0) is 18.6 Å². The molecule has 1 atom stereocenters. The molecule has 0 radical (unpaired) electrons. The molecule has 0 saturated carbocycles. The fourth-order valence-corrected chi connectivity index (χ4v) is 2.82. The maximum atomic E-state index is 5.40. The van der Waals surface area contributed by atoms with Gasteiger partial charge in [-0.3, -0.25) is 4.68 Å². The molecule has 24 heavy (non-hydrogen) atoms. The Morgan fingerprint density at radius 2 is 2.08 bits per heavy atom. The van der Waals surface area contributed by atoms with E-state index in [0.29, 0.717) is 12.5 Å². The molecule has 3 aromatic rings. The lowest BCUT2D eigenvalue weighted by Gasteiger charge is -2.09. The second kappa shape index (κ2) is 6.79. The van der Waals surface area contributed by atoms with Crippen LogP contribution in [-0.4, -0.2) is 43.2 Å². The van der Waals surface area contributed by atoms with Crippen molar-refractivity contribution in [2.75, 3.05) is 18.5 Å². The smallest absolute Gasteiger partial charge is 0.109 e. The molecule has 1 fully saturated rings. The van der Waals surface area contributed by atoms with Gasteiger partial charge in [0.25, 0.3) is 0 Å². The number of nitrogens with one attached hydrogen (secondary N) is 1. The van der Waals surface area contributed by atoms with Gasteiger partial charge in [0.15, 0.2) is 0 Å². The Bertz CT molecular complexity index is 777. The van der Waals surface area contributed by atoms with E-state index in [1.54, 1.807) is 17.2 Å². The molecule has 1 saturated heterocycles. The van der Waals surface area contributed by atoms with E-state index in [2.05, 4.69) is 25.8 Å². The van der Waals surface area contributed by atoms with Gasteiger partial charge >= 0.3 is 0 Å². The highest BCUT2D eigenvalue weighted by atomic mass is 16.5. The Morgan fingerprint density at radius 1 is 1.21 bits per heavy atom. The first kappa shape index (κ1) is 14.8. The first-order chi connectivity index (χ1) is 11.9. The molecular weight excluding hydrogens is 306 g/mol. The minimum Gasteiger partial charge on any atom is -0.381 e. The summed E-state index contributed by atoms with van der Waals surface area (Å²) in [5.41, 5.74) is 2.75. The van der Waals surface area contributed by atoms with Gasteiger partial charge in [0.2, 0.25) is 0 Å². The van der Waals surface area contributed by atoms with Crippen LogP contribution in [0.3, 0.4) is 0 Å². The quantitative estimate of drug-likeness (QED) is 0.740. The van der Waals surface area contributed by atoms with Crippen molar-refractivity contribution in [2.24, 2.45) is 5.92 Å². The van der Waals surface area contributed by atoms with Crippen molar-refractivity contribution in [1.29, 1.82) is 0 Å². The van der Waals surface area contributed by atoms with E-state index in [-0.39, 0.29) is 0 Å². The van der Waals surface area contributed by atoms with Gasteiger partial charge in [0.1, 0.15) is 11.4 Å². The third-order valence-corrected chi connectivity index (χ3v) is 4.05. The number of nitrogens with zero attached hydrogens (tertiary/aromatic N) is 6. The van der Waals surface area contributed by atoms with Crippen LogP contribution in [-0.2, 0) is 17.8 Å². The van der Waals surface area contributed by atoms with Crippen molar-refractivity contribution in [1.82, 2.24) is 30.0 Å². The molecule has 124 valence electrons. The summed E-state index contributed by atoms with van der Waals surface area (Å²) in [5.74, 6) is 0.541. The molecule has 2 aromatic heterocycles. The SMILES string of the molecule is c1ccc(-n2nccn2)c(NCc2cn(CC3CCOC3)nn2)c1. The third-order valence-electron chi connectivity index (χ3n) is 4.05. The van der Waals surface area contributed by atoms with Gasteiger partial charge in [-0.1, -0.05) is 17.3 Å². The zero-order valence-corrected chi connectivity index (χ0v) is 13.2. The number of aromatic nitrogens is 6. The van der Waals surface area contributed by atoms with Crippen LogP contribution in [0.15, 0.2) is 42.9 Å². The molecule has 8 nitrogen and oxygen atoms in total. The summed E-state index contributed by atoms with van der Waals surface area (Å²) < 4.78 is 7.30.